The van der Waals surface area contributed by atoms with Crippen molar-refractivity contribution in [3.8, 4) is 5.69 Å². The highest BCUT2D eigenvalue weighted by Gasteiger charge is 2.20. The van der Waals surface area contributed by atoms with Gasteiger partial charge in [0.25, 0.3) is 5.56 Å². The fourth-order valence-corrected chi connectivity index (χ4v) is 3.38. The van der Waals surface area contributed by atoms with Crippen molar-refractivity contribution in [1.82, 2.24) is 14.9 Å². The van der Waals surface area contributed by atoms with Crippen LogP contribution in [0, 0.1) is 6.92 Å². The number of nitrogens with one attached hydrogen (secondary N) is 1. The van der Waals surface area contributed by atoms with Crippen molar-refractivity contribution in [2.75, 3.05) is 6.54 Å². The Morgan fingerprint density at radius 3 is 2.64 bits per heavy atom. The van der Waals surface area contributed by atoms with Gasteiger partial charge in [0, 0.05) is 5.02 Å². The Hall–Kier alpha value is -2.17. The molecule has 0 fully saturated rings. The van der Waals surface area contributed by atoms with Gasteiger partial charge in [0.2, 0.25) is 0 Å². The lowest BCUT2D eigenvalue weighted by Crippen LogP contribution is -2.31. The van der Waals surface area contributed by atoms with Gasteiger partial charge in [0.05, 0.1) is 22.6 Å². The number of benzene rings is 2. The summed E-state index contributed by atoms with van der Waals surface area (Å²) in [6.45, 7) is 6.91. The maximum absolute atomic E-state index is 13.3. The molecule has 5 heteroatoms. The van der Waals surface area contributed by atoms with Crippen LogP contribution in [0.2, 0.25) is 5.02 Å². The molecule has 0 unspecified atom stereocenters. The van der Waals surface area contributed by atoms with E-state index in [4.69, 9.17) is 16.6 Å². The lowest BCUT2D eigenvalue weighted by molar-refractivity contribution is 0.498. The highest BCUT2D eigenvalue weighted by atomic mass is 35.5. The van der Waals surface area contributed by atoms with Gasteiger partial charge in [-0.3, -0.25) is 9.36 Å². The minimum absolute atomic E-state index is 0.00242. The summed E-state index contributed by atoms with van der Waals surface area (Å²) in [6.07, 6.45) is 0.839. The van der Waals surface area contributed by atoms with E-state index < -0.39 is 0 Å². The molecule has 0 spiro atoms. The number of para-hydroxylation sites is 1. The van der Waals surface area contributed by atoms with Crippen LogP contribution in [0.25, 0.3) is 16.6 Å². The molecular formula is C20H22ClN3O. The number of rotatable bonds is 5. The summed E-state index contributed by atoms with van der Waals surface area (Å²) < 4.78 is 1.73. The van der Waals surface area contributed by atoms with Crippen molar-refractivity contribution in [2.24, 2.45) is 0 Å². The number of hydrogen-bond acceptors (Lipinski definition) is 3. The normalized spacial score (nSPS) is 12.5. The van der Waals surface area contributed by atoms with E-state index >= 15 is 0 Å². The van der Waals surface area contributed by atoms with Gasteiger partial charge in [0.1, 0.15) is 5.82 Å². The molecule has 1 N–H and O–H groups in total. The number of nitrogens with zero attached hydrogens (tertiary/aromatic N) is 2. The van der Waals surface area contributed by atoms with Crippen LogP contribution in [0.15, 0.2) is 47.3 Å². The van der Waals surface area contributed by atoms with E-state index in [0.717, 1.165) is 35.6 Å². The molecule has 2 aromatic carbocycles. The fourth-order valence-electron chi connectivity index (χ4n) is 3.15. The summed E-state index contributed by atoms with van der Waals surface area (Å²) in [7, 11) is 0. The molecule has 0 saturated carbocycles. The molecule has 3 rings (SSSR count). The number of fused-ring (bicyclic) bond motifs is 1. The fraction of sp³-hybridized carbons (Fsp3) is 0.300. The van der Waals surface area contributed by atoms with Crippen molar-refractivity contribution in [3.05, 3.63) is 69.2 Å². The zero-order valence-corrected chi connectivity index (χ0v) is 15.5. The summed E-state index contributed by atoms with van der Waals surface area (Å²) >= 11 is 6.10. The molecule has 1 atom stereocenters. The van der Waals surface area contributed by atoms with Gasteiger partial charge in [0.15, 0.2) is 0 Å². The van der Waals surface area contributed by atoms with Crippen molar-refractivity contribution in [2.45, 2.75) is 33.2 Å². The van der Waals surface area contributed by atoms with E-state index in [1.807, 2.05) is 49.4 Å². The van der Waals surface area contributed by atoms with E-state index in [1.54, 1.807) is 4.57 Å². The molecule has 3 aromatic rings. The largest absolute Gasteiger partial charge is 0.308 e. The minimum Gasteiger partial charge on any atom is -0.308 e. The van der Waals surface area contributed by atoms with Crippen molar-refractivity contribution >= 4 is 22.5 Å². The molecular weight excluding hydrogens is 334 g/mol. The van der Waals surface area contributed by atoms with Gasteiger partial charge in [-0.1, -0.05) is 37.6 Å². The lowest BCUT2D eigenvalue weighted by Gasteiger charge is -2.22. The zero-order chi connectivity index (χ0) is 18.0. The molecule has 1 heterocycles. The number of halogens is 1. The average molecular weight is 356 g/mol. The van der Waals surface area contributed by atoms with Crippen LogP contribution in [0.4, 0.5) is 0 Å². The average Bonchev–Trinajstić information content (AvgIpc) is 2.60. The monoisotopic (exact) mass is 355 g/mol. The molecule has 4 nitrogen and oxygen atoms in total. The predicted molar refractivity (Wildman–Crippen MR) is 104 cm³/mol. The molecule has 0 bridgehead atoms. The smallest absolute Gasteiger partial charge is 0.266 e. The minimum atomic E-state index is -0.0534. The molecule has 130 valence electrons. The second kappa shape index (κ2) is 7.38. The molecule has 0 aliphatic carbocycles. The van der Waals surface area contributed by atoms with Crippen LogP contribution in [-0.2, 0) is 0 Å². The molecule has 1 aromatic heterocycles. The Morgan fingerprint density at radius 1 is 1.20 bits per heavy atom. The highest BCUT2D eigenvalue weighted by molar-refractivity contribution is 6.30. The van der Waals surface area contributed by atoms with Gasteiger partial charge in [-0.05, 0) is 55.8 Å². The Bertz CT molecular complexity index is 965. The first kappa shape index (κ1) is 17.6. The first-order valence-corrected chi connectivity index (χ1v) is 8.96. The summed E-state index contributed by atoms with van der Waals surface area (Å²) in [5, 5.41) is 4.71. The summed E-state index contributed by atoms with van der Waals surface area (Å²) in [4.78, 5) is 18.1. The SMILES string of the molecule is CCN[C@H](CC)c1nc2ccccc2c(=O)n1-c1ccc(Cl)cc1C. The van der Waals surface area contributed by atoms with Gasteiger partial charge in [-0.2, -0.15) is 0 Å². The standard InChI is InChI=1S/C20H22ClN3O/c1-4-16(22-5-2)19-23-17-9-7-6-8-15(17)20(25)24(19)18-11-10-14(21)12-13(18)3/h6-12,16,22H,4-5H2,1-3H3/t16-/m1/s1. The van der Waals surface area contributed by atoms with Crippen LogP contribution in [0.3, 0.4) is 0 Å². The predicted octanol–water partition coefficient (Wildman–Crippen LogP) is 4.41. The Balaban J connectivity index is 2.38. The zero-order valence-electron chi connectivity index (χ0n) is 14.7. The second-order valence-electron chi connectivity index (χ2n) is 6.08. The molecule has 0 amide bonds. The molecule has 0 aliphatic heterocycles. The van der Waals surface area contributed by atoms with Crippen molar-refractivity contribution < 1.29 is 0 Å². The van der Waals surface area contributed by atoms with Crippen LogP contribution < -0.4 is 10.9 Å². The van der Waals surface area contributed by atoms with E-state index in [0.29, 0.717) is 10.4 Å². The van der Waals surface area contributed by atoms with Crippen molar-refractivity contribution in [1.29, 1.82) is 0 Å². The topological polar surface area (TPSA) is 46.9 Å². The van der Waals surface area contributed by atoms with Crippen LogP contribution >= 0.6 is 11.6 Å². The summed E-state index contributed by atoms with van der Waals surface area (Å²) in [5.74, 6) is 0.735. The van der Waals surface area contributed by atoms with Gasteiger partial charge >= 0.3 is 0 Å². The van der Waals surface area contributed by atoms with Crippen molar-refractivity contribution in [3.63, 3.8) is 0 Å². The van der Waals surface area contributed by atoms with Gasteiger partial charge < -0.3 is 5.32 Å². The quantitative estimate of drug-likeness (QED) is 0.737. The second-order valence-corrected chi connectivity index (χ2v) is 6.51. The first-order chi connectivity index (χ1) is 12.1. The van der Waals surface area contributed by atoms with E-state index in [9.17, 15) is 4.79 Å². The maximum atomic E-state index is 13.3. The molecule has 0 saturated heterocycles. The Labute approximate surface area is 152 Å². The van der Waals surface area contributed by atoms with Crippen LogP contribution in [0.1, 0.15) is 37.7 Å². The number of aromatic nitrogens is 2. The van der Waals surface area contributed by atoms with E-state index in [1.165, 1.54) is 0 Å². The van der Waals surface area contributed by atoms with Crippen LogP contribution in [-0.4, -0.2) is 16.1 Å². The van der Waals surface area contributed by atoms with Gasteiger partial charge in [-0.15, -0.1) is 0 Å². The lowest BCUT2D eigenvalue weighted by atomic mass is 10.1. The highest BCUT2D eigenvalue weighted by Crippen LogP contribution is 2.24. The summed E-state index contributed by atoms with van der Waals surface area (Å²) in [5.41, 5.74) is 2.43. The van der Waals surface area contributed by atoms with Crippen LogP contribution in [0.5, 0.6) is 0 Å². The van der Waals surface area contributed by atoms with E-state index in [-0.39, 0.29) is 11.6 Å². The Morgan fingerprint density at radius 2 is 1.96 bits per heavy atom. The maximum Gasteiger partial charge on any atom is 0.266 e. The molecule has 0 aliphatic rings. The third-order valence-corrected chi connectivity index (χ3v) is 4.61. The number of aryl methyl sites for hydroxylation is 1. The third kappa shape index (κ3) is 3.32. The Kier molecular flexibility index (Phi) is 5.21. The first-order valence-electron chi connectivity index (χ1n) is 8.58. The molecule has 25 heavy (non-hydrogen) atoms. The van der Waals surface area contributed by atoms with Gasteiger partial charge in [-0.25, -0.2) is 4.98 Å². The number of hydrogen-bond donors (Lipinski definition) is 1. The molecule has 0 radical (unpaired) electrons. The van der Waals surface area contributed by atoms with E-state index in [2.05, 4.69) is 19.2 Å². The summed E-state index contributed by atoms with van der Waals surface area (Å²) in [6, 6.07) is 13.0. The third-order valence-electron chi connectivity index (χ3n) is 4.37.